The highest BCUT2D eigenvalue weighted by molar-refractivity contribution is 7.92. The summed E-state index contributed by atoms with van der Waals surface area (Å²) >= 11 is 0. The van der Waals surface area contributed by atoms with Gasteiger partial charge in [-0.15, -0.1) is 0 Å². The van der Waals surface area contributed by atoms with E-state index in [2.05, 4.69) is 5.32 Å². The predicted octanol–water partition coefficient (Wildman–Crippen LogP) is 2.88. The van der Waals surface area contributed by atoms with Crippen LogP contribution in [-0.2, 0) is 10.0 Å². The van der Waals surface area contributed by atoms with Crippen molar-refractivity contribution in [2.75, 3.05) is 36.0 Å². The third kappa shape index (κ3) is 4.59. The second-order valence-corrected chi connectivity index (χ2v) is 9.24. The van der Waals surface area contributed by atoms with Crippen LogP contribution in [0.15, 0.2) is 42.5 Å². The summed E-state index contributed by atoms with van der Waals surface area (Å²) in [6, 6.07) is 11.8. The molecule has 0 bridgehead atoms. The van der Waals surface area contributed by atoms with Crippen molar-refractivity contribution >= 4 is 33.2 Å². The number of rotatable bonds is 5. The summed E-state index contributed by atoms with van der Waals surface area (Å²) in [6.45, 7) is 3.23. The molecule has 0 radical (unpaired) electrons. The zero-order chi connectivity index (χ0) is 21.2. The second-order valence-electron chi connectivity index (χ2n) is 7.23. The van der Waals surface area contributed by atoms with E-state index in [-0.39, 0.29) is 5.91 Å². The second kappa shape index (κ2) is 8.24. The lowest BCUT2D eigenvalue weighted by Gasteiger charge is -2.20. The van der Waals surface area contributed by atoms with Gasteiger partial charge in [-0.05, 0) is 49.6 Å². The van der Waals surface area contributed by atoms with E-state index < -0.39 is 15.9 Å². The van der Waals surface area contributed by atoms with Gasteiger partial charge in [-0.25, -0.2) is 8.42 Å². The maximum Gasteiger partial charge on any atom is 0.255 e. The molecule has 0 aliphatic carbocycles. The molecule has 1 fully saturated rings. The SMILES string of the molecule is Cc1ccc(C(=O)Nc2ccccc2C(=O)N2CCCC2)cc1N(C)S(C)(=O)=O. The summed E-state index contributed by atoms with van der Waals surface area (Å²) in [6.07, 6.45) is 3.08. The molecule has 0 aromatic heterocycles. The molecule has 0 unspecified atom stereocenters. The summed E-state index contributed by atoms with van der Waals surface area (Å²) < 4.78 is 24.9. The van der Waals surface area contributed by atoms with Crippen molar-refractivity contribution in [3.63, 3.8) is 0 Å². The Balaban J connectivity index is 1.87. The molecule has 3 rings (SSSR count). The molecule has 2 aromatic rings. The van der Waals surface area contributed by atoms with Crippen LogP contribution in [0.4, 0.5) is 11.4 Å². The molecule has 1 saturated heterocycles. The van der Waals surface area contributed by atoms with Gasteiger partial charge in [0.15, 0.2) is 0 Å². The number of hydrogen-bond donors (Lipinski definition) is 1. The first-order valence-corrected chi connectivity index (χ1v) is 11.3. The number of hydrogen-bond acceptors (Lipinski definition) is 4. The molecule has 2 amide bonds. The van der Waals surface area contributed by atoms with Gasteiger partial charge in [0.05, 0.1) is 23.2 Å². The van der Waals surface area contributed by atoms with Crippen LogP contribution in [0.1, 0.15) is 39.1 Å². The number of nitrogens with one attached hydrogen (secondary N) is 1. The normalized spacial score (nSPS) is 14.0. The van der Waals surface area contributed by atoms with Gasteiger partial charge in [0.25, 0.3) is 11.8 Å². The molecule has 0 atom stereocenters. The summed E-state index contributed by atoms with van der Waals surface area (Å²) in [5.74, 6) is -0.505. The first kappa shape index (κ1) is 20.9. The lowest BCUT2D eigenvalue weighted by Crippen LogP contribution is -2.29. The number of carbonyl (C=O) groups is 2. The predicted molar refractivity (Wildman–Crippen MR) is 114 cm³/mol. The number of anilines is 2. The number of nitrogens with zero attached hydrogens (tertiary/aromatic N) is 2. The van der Waals surface area contributed by atoms with Crippen LogP contribution < -0.4 is 9.62 Å². The molecular weight excluding hydrogens is 390 g/mol. The van der Waals surface area contributed by atoms with E-state index in [1.807, 2.05) is 0 Å². The first-order valence-electron chi connectivity index (χ1n) is 9.42. The van der Waals surface area contributed by atoms with Gasteiger partial charge < -0.3 is 10.2 Å². The molecule has 8 heteroatoms. The van der Waals surface area contributed by atoms with Gasteiger partial charge >= 0.3 is 0 Å². The van der Waals surface area contributed by atoms with Crippen LogP contribution in [0.2, 0.25) is 0 Å². The molecule has 154 valence electrons. The summed E-state index contributed by atoms with van der Waals surface area (Å²) in [5, 5.41) is 2.80. The molecule has 2 aromatic carbocycles. The molecule has 1 aliphatic heterocycles. The molecule has 0 saturated carbocycles. The highest BCUT2D eigenvalue weighted by Gasteiger charge is 2.23. The van der Waals surface area contributed by atoms with Crippen molar-refractivity contribution in [1.29, 1.82) is 0 Å². The topological polar surface area (TPSA) is 86.8 Å². The molecule has 0 spiro atoms. The monoisotopic (exact) mass is 415 g/mol. The quantitative estimate of drug-likeness (QED) is 0.814. The Kier molecular flexibility index (Phi) is 5.93. The van der Waals surface area contributed by atoms with Crippen LogP contribution in [0.5, 0.6) is 0 Å². The van der Waals surface area contributed by atoms with E-state index in [0.717, 1.165) is 42.1 Å². The zero-order valence-electron chi connectivity index (χ0n) is 16.8. The largest absolute Gasteiger partial charge is 0.339 e. The van der Waals surface area contributed by atoms with Crippen molar-refractivity contribution in [2.24, 2.45) is 0 Å². The number of amides is 2. The van der Waals surface area contributed by atoms with Gasteiger partial charge in [-0.2, -0.15) is 0 Å². The Hall–Kier alpha value is -2.87. The van der Waals surface area contributed by atoms with Gasteiger partial charge in [0.2, 0.25) is 10.0 Å². The maximum absolute atomic E-state index is 12.8. The van der Waals surface area contributed by atoms with Crippen LogP contribution >= 0.6 is 0 Å². The smallest absolute Gasteiger partial charge is 0.255 e. The lowest BCUT2D eigenvalue weighted by atomic mass is 10.1. The fourth-order valence-electron chi connectivity index (χ4n) is 3.33. The fourth-order valence-corrected chi connectivity index (χ4v) is 3.89. The number of sulfonamides is 1. The first-order chi connectivity index (χ1) is 13.7. The number of aryl methyl sites for hydroxylation is 1. The third-order valence-corrected chi connectivity index (χ3v) is 6.30. The molecule has 1 aliphatic rings. The Morgan fingerprint density at radius 1 is 1.07 bits per heavy atom. The third-order valence-electron chi connectivity index (χ3n) is 5.11. The summed E-state index contributed by atoms with van der Waals surface area (Å²) in [7, 11) is -2.01. The minimum atomic E-state index is -3.46. The van der Waals surface area contributed by atoms with E-state index in [9.17, 15) is 18.0 Å². The van der Waals surface area contributed by atoms with E-state index in [4.69, 9.17) is 0 Å². The highest BCUT2D eigenvalue weighted by Crippen LogP contribution is 2.25. The number of carbonyl (C=O) groups excluding carboxylic acids is 2. The van der Waals surface area contributed by atoms with Crippen LogP contribution in [0, 0.1) is 6.92 Å². The zero-order valence-corrected chi connectivity index (χ0v) is 17.6. The average molecular weight is 416 g/mol. The highest BCUT2D eigenvalue weighted by atomic mass is 32.2. The fraction of sp³-hybridized carbons (Fsp3) is 0.333. The summed E-state index contributed by atoms with van der Waals surface area (Å²) in [4.78, 5) is 27.4. The van der Waals surface area contributed by atoms with Crippen molar-refractivity contribution in [3.05, 3.63) is 59.2 Å². The number of likely N-dealkylation sites (tertiary alicyclic amines) is 1. The van der Waals surface area contributed by atoms with E-state index in [1.54, 1.807) is 48.2 Å². The van der Waals surface area contributed by atoms with Crippen LogP contribution in [0.25, 0.3) is 0 Å². The Morgan fingerprint density at radius 3 is 2.38 bits per heavy atom. The van der Waals surface area contributed by atoms with Crippen molar-refractivity contribution in [1.82, 2.24) is 4.90 Å². The van der Waals surface area contributed by atoms with E-state index in [1.165, 1.54) is 13.1 Å². The van der Waals surface area contributed by atoms with E-state index in [0.29, 0.717) is 22.5 Å². The van der Waals surface area contributed by atoms with Crippen molar-refractivity contribution in [3.8, 4) is 0 Å². The number of para-hydroxylation sites is 1. The Labute approximate surface area is 171 Å². The molecule has 7 nitrogen and oxygen atoms in total. The number of benzene rings is 2. The average Bonchev–Trinajstić information content (AvgIpc) is 3.21. The standard InChI is InChI=1S/C21H25N3O4S/c1-15-10-11-16(14-19(15)23(2)29(3,27)28)20(25)22-18-9-5-4-8-17(18)21(26)24-12-6-7-13-24/h4-5,8-11,14H,6-7,12-13H2,1-3H3,(H,22,25). The minimum absolute atomic E-state index is 0.0974. The minimum Gasteiger partial charge on any atom is -0.339 e. The van der Waals surface area contributed by atoms with Crippen molar-refractivity contribution < 1.29 is 18.0 Å². The maximum atomic E-state index is 12.8. The van der Waals surface area contributed by atoms with Gasteiger partial charge in [0.1, 0.15) is 0 Å². The lowest BCUT2D eigenvalue weighted by molar-refractivity contribution is 0.0794. The van der Waals surface area contributed by atoms with Gasteiger partial charge in [-0.3, -0.25) is 13.9 Å². The van der Waals surface area contributed by atoms with Crippen molar-refractivity contribution in [2.45, 2.75) is 19.8 Å². The molecule has 29 heavy (non-hydrogen) atoms. The Morgan fingerprint density at radius 2 is 1.72 bits per heavy atom. The molecular formula is C21H25N3O4S. The van der Waals surface area contributed by atoms with E-state index >= 15 is 0 Å². The molecule has 1 N–H and O–H groups in total. The summed E-state index contributed by atoms with van der Waals surface area (Å²) in [5.41, 5.74) is 2.36. The Bertz CT molecular complexity index is 1040. The van der Waals surface area contributed by atoms with Gasteiger partial charge in [-0.1, -0.05) is 18.2 Å². The van der Waals surface area contributed by atoms with Gasteiger partial charge in [0, 0.05) is 25.7 Å². The van der Waals surface area contributed by atoms with Crippen LogP contribution in [0.3, 0.4) is 0 Å². The molecule has 1 heterocycles. The van der Waals surface area contributed by atoms with Crippen LogP contribution in [-0.4, -0.2) is 51.5 Å².